The van der Waals surface area contributed by atoms with Crippen LogP contribution in [0.3, 0.4) is 0 Å². The van der Waals surface area contributed by atoms with E-state index in [9.17, 15) is 4.79 Å². The average molecular weight is 278 g/mol. The first kappa shape index (κ1) is 16.5. The van der Waals surface area contributed by atoms with Crippen LogP contribution in [0, 0.1) is 5.92 Å². The quantitative estimate of drug-likeness (QED) is 0.767. The van der Waals surface area contributed by atoms with E-state index in [2.05, 4.69) is 48.3 Å². The van der Waals surface area contributed by atoms with Gasteiger partial charge in [-0.1, -0.05) is 26.0 Å². The van der Waals surface area contributed by atoms with Crippen LogP contribution in [0.25, 0.3) is 0 Å². The molecule has 1 aromatic rings. The summed E-state index contributed by atoms with van der Waals surface area (Å²) in [4.78, 5) is 13.4. The Bertz CT molecular complexity index is 411. The lowest BCUT2D eigenvalue weighted by atomic mass is 10.0. The maximum Gasteiger partial charge on any atom is 0.320 e. The molecule has 2 N–H and O–H groups in total. The number of nitrogens with one attached hydrogen (secondary N) is 1. The number of rotatable bonds is 8. The lowest BCUT2D eigenvalue weighted by molar-refractivity contribution is -0.140. The predicted octanol–water partition coefficient (Wildman–Crippen LogP) is 2.73. The average Bonchev–Trinajstić information content (AvgIpc) is 2.41. The van der Waals surface area contributed by atoms with Crippen molar-refractivity contribution in [2.24, 2.45) is 5.92 Å². The molecule has 0 aliphatic carbocycles. The summed E-state index contributed by atoms with van der Waals surface area (Å²) in [5.74, 6) is -0.720. The Balaban J connectivity index is 2.63. The second-order valence-electron chi connectivity index (χ2n) is 5.28. The van der Waals surface area contributed by atoms with E-state index in [0.29, 0.717) is 6.54 Å². The minimum Gasteiger partial charge on any atom is -0.480 e. The van der Waals surface area contributed by atoms with Crippen molar-refractivity contribution in [3.63, 3.8) is 0 Å². The van der Waals surface area contributed by atoms with E-state index >= 15 is 0 Å². The Morgan fingerprint density at radius 2 is 1.75 bits per heavy atom. The molecule has 1 rings (SSSR count). The van der Waals surface area contributed by atoms with Crippen molar-refractivity contribution in [3.8, 4) is 0 Å². The third-order valence-corrected chi connectivity index (χ3v) is 3.52. The maximum absolute atomic E-state index is 11.1. The van der Waals surface area contributed by atoms with Crippen molar-refractivity contribution < 1.29 is 9.90 Å². The molecule has 0 radical (unpaired) electrons. The molecule has 0 heterocycles. The number of carbonyl (C=O) groups is 1. The summed E-state index contributed by atoms with van der Waals surface area (Å²) in [6.45, 7) is 10.7. The number of nitrogens with zero attached hydrogens (tertiary/aromatic N) is 1. The highest BCUT2D eigenvalue weighted by atomic mass is 16.4. The lowest BCUT2D eigenvalue weighted by Crippen LogP contribution is -2.40. The van der Waals surface area contributed by atoms with E-state index < -0.39 is 12.0 Å². The third-order valence-electron chi connectivity index (χ3n) is 3.52. The summed E-state index contributed by atoms with van der Waals surface area (Å²) in [5.41, 5.74) is 2.31. The van der Waals surface area contributed by atoms with Crippen LogP contribution in [0.2, 0.25) is 0 Å². The van der Waals surface area contributed by atoms with Crippen LogP contribution in [0.4, 0.5) is 5.69 Å². The first-order chi connectivity index (χ1) is 9.49. The summed E-state index contributed by atoms with van der Waals surface area (Å²) < 4.78 is 0. The second-order valence-corrected chi connectivity index (χ2v) is 5.28. The Morgan fingerprint density at radius 3 is 2.15 bits per heavy atom. The van der Waals surface area contributed by atoms with Gasteiger partial charge in [-0.05, 0) is 37.5 Å². The van der Waals surface area contributed by atoms with E-state index in [1.807, 2.05) is 13.8 Å². The molecule has 0 unspecified atom stereocenters. The second kappa shape index (κ2) is 7.90. The molecule has 0 fully saturated rings. The molecule has 0 spiro atoms. The number of carboxylic acids is 1. The zero-order chi connectivity index (χ0) is 15.1. The minimum atomic E-state index is -0.792. The van der Waals surface area contributed by atoms with E-state index in [1.165, 1.54) is 5.69 Å². The van der Waals surface area contributed by atoms with E-state index in [-0.39, 0.29) is 5.92 Å². The molecule has 0 saturated carbocycles. The van der Waals surface area contributed by atoms with Gasteiger partial charge in [0.05, 0.1) is 0 Å². The smallest absolute Gasteiger partial charge is 0.320 e. The fourth-order valence-corrected chi connectivity index (χ4v) is 2.25. The summed E-state index contributed by atoms with van der Waals surface area (Å²) >= 11 is 0. The van der Waals surface area contributed by atoms with E-state index in [0.717, 1.165) is 18.7 Å². The van der Waals surface area contributed by atoms with Crippen LogP contribution < -0.4 is 10.2 Å². The molecule has 4 nitrogen and oxygen atoms in total. The summed E-state index contributed by atoms with van der Waals surface area (Å²) in [6.07, 6.45) is 0. The van der Waals surface area contributed by atoms with Crippen LogP contribution >= 0.6 is 0 Å². The van der Waals surface area contributed by atoms with Gasteiger partial charge in [0, 0.05) is 25.3 Å². The van der Waals surface area contributed by atoms with Gasteiger partial charge in [-0.3, -0.25) is 4.79 Å². The van der Waals surface area contributed by atoms with E-state index in [4.69, 9.17) is 5.11 Å². The van der Waals surface area contributed by atoms with Gasteiger partial charge >= 0.3 is 5.97 Å². The first-order valence-electron chi connectivity index (χ1n) is 7.29. The molecule has 4 heteroatoms. The molecular weight excluding hydrogens is 252 g/mol. The van der Waals surface area contributed by atoms with Gasteiger partial charge in [0.25, 0.3) is 0 Å². The van der Waals surface area contributed by atoms with Crippen molar-refractivity contribution in [1.82, 2.24) is 5.32 Å². The van der Waals surface area contributed by atoms with Crippen LogP contribution in [0.5, 0.6) is 0 Å². The number of anilines is 1. The molecule has 0 aromatic heterocycles. The third kappa shape index (κ3) is 4.53. The highest BCUT2D eigenvalue weighted by molar-refractivity contribution is 5.73. The van der Waals surface area contributed by atoms with Gasteiger partial charge in [-0.25, -0.2) is 0 Å². The van der Waals surface area contributed by atoms with Crippen molar-refractivity contribution in [2.45, 2.75) is 40.3 Å². The first-order valence-corrected chi connectivity index (χ1v) is 7.29. The monoisotopic (exact) mass is 278 g/mol. The van der Waals surface area contributed by atoms with E-state index in [1.54, 1.807) is 0 Å². The predicted molar refractivity (Wildman–Crippen MR) is 83.1 cm³/mol. The van der Waals surface area contributed by atoms with Gasteiger partial charge in [0.1, 0.15) is 6.04 Å². The summed E-state index contributed by atoms with van der Waals surface area (Å²) in [6, 6.07) is 7.79. The van der Waals surface area contributed by atoms with Crippen LogP contribution in [-0.2, 0) is 11.3 Å². The normalized spacial score (nSPS) is 12.4. The van der Waals surface area contributed by atoms with Crippen molar-refractivity contribution in [1.29, 1.82) is 0 Å². The largest absolute Gasteiger partial charge is 0.480 e. The van der Waals surface area contributed by atoms with Gasteiger partial charge in [-0.2, -0.15) is 0 Å². The molecule has 112 valence electrons. The number of benzene rings is 1. The minimum absolute atomic E-state index is 0.0717. The molecule has 0 saturated heterocycles. The summed E-state index contributed by atoms with van der Waals surface area (Å²) in [5, 5.41) is 12.2. The topological polar surface area (TPSA) is 52.6 Å². The fraction of sp³-hybridized carbons (Fsp3) is 0.562. The Kier molecular flexibility index (Phi) is 6.52. The molecule has 0 amide bonds. The number of carboxylic acid groups (broad SMARTS) is 1. The van der Waals surface area contributed by atoms with Crippen molar-refractivity contribution in [2.75, 3.05) is 18.0 Å². The molecular formula is C16H26N2O2. The Hall–Kier alpha value is -1.55. The summed E-state index contributed by atoms with van der Waals surface area (Å²) in [7, 11) is 0. The Labute approximate surface area is 121 Å². The Morgan fingerprint density at radius 1 is 1.20 bits per heavy atom. The van der Waals surface area contributed by atoms with Gasteiger partial charge in [0.2, 0.25) is 0 Å². The molecule has 0 aliphatic heterocycles. The zero-order valence-electron chi connectivity index (χ0n) is 12.9. The van der Waals surface area contributed by atoms with Gasteiger partial charge in [-0.15, -0.1) is 0 Å². The van der Waals surface area contributed by atoms with Crippen molar-refractivity contribution >= 4 is 11.7 Å². The van der Waals surface area contributed by atoms with Crippen molar-refractivity contribution in [3.05, 3.63) is 29.8 Å². The zero-order valence-corrected chi connectivity index (χ0v) is 12.9. The number of aliphatic carboxylic acids is 1. The van der Waals surface area contributed by atoms with Crippen LogP contribution in [0.1, 0.15) is 33.3 Å². The van der Waals surface area contributed by atoms with Crippen LogP contribution in [0.15, 0.2) is 24.3 Å². The standard InChI is InChI=1S/C16H26N2O2/c1-5-18(6-2)14-9-7-13(8-10-14)11-17-15(12(3)4)16(19)20/h7-10,12,15,17H,5-6,11H2,1-4H3,(H,19,20)/t15-/m1/s1. The highest BCUT2D eigenvalue weighted by Gasteiger charge is 2.20. The van der Waals surface area contributed by atoms with Gasteiger partial charge < -0.3 is 15.3 Å². The molecule has 1 atom stereocenters. The molecule has 1 aromatic carbocycles. The fourth-order valence-electron chi connectivity index (χ4n) is 2.25. The molecule has 0 bridgehead atoms. The maximum atomic E-state index is 11.1. The SMILES string of the molecule is CCN(CC)c1ccc(CN[C@@H](C(=O)O)C(C)C)cc1. The van der Waals surface area contributed by atoms with Gasteiger partial charge in [0.15, 0.2) is 0 Å². The molecule has 20 heavy (non-hydrogen) atoms. The molecule has 0 aliphatic rings. The highest BCUT2D eigenvalue weighted by Crippen LogP contribution is 2.15. The van der Waals surface area contributed by atoms with Crippen LogP contribution in [-0.4, -0.2) is 30.2 Å². The lowest BCUT2D eigenvalue weighted by Gasteiger charge is -2.21. The number of hydrogen-bond acceptors (Lipinski definition) is 3. The number of hydrogen-bond donors (Lipinski definition) is 2.